The Kier molecular flexibility index (Phi) is 4.76. The number of aryl methyl sites for hydroxylation is 1. The first-order valence-corrected chi connectivity index (χ1v) is 10.3. The van der Waals surface area contributed by atoms with Gasteiger partial charge in [-0.2, -0.15) is 0 Å². The number of fused-ring (bicyclic) bond motifs is 2. The van der Waals surface area contributed by atoms with Crippen molar-refractivity contribution in [2.24, 2.45) is 0 Å². The van der Waals surface area contributed by atoms with Crippen LogP contribution in [0.4, 0.5) is 0 Å². The van der Waals surface area contributed by atoms with Crippen molar-refractivity contribution in [3.8, 4) is 5.69 Å². The quantitative estimate of drug-likeness (QED) is 0.516. The maximum atomic E-state index is 13.1. The fraction of sp³-hybridized carbons (Fsp3) is 0.292. The molecule has 0 spiro atoms. The molecule has 0 aliphatic carbocycles. The van der Waals surface area contributed by atoms with Crippen molar-refractivity contribution in [2.45, 2.75) is 46.1 Å². The first-order valence-electron chi connectivity index (χ1n) is 10.3. The summed E-state index contributed by atoms with van der Waals surface area (Å²) in [5, 5.41) is 9.55. The molecule has 4 aromatic rings. The van der Waals surface area contributed by atoms with Crippen molar-refractivity contribution in [1.29, 1.82) is 0 Å². The molecule has 0 radical (unpaired) electrons. The van der Waals surface area contributed by atoms with Gasteiger partial charge in [-0.3, -0.25) is 23.7 Å². The normalized spacial score (nSPS) is 12.1. The standard InChI is InChI=1S/C24H22N2O6/c1-5-24(4,6-2)26-21(29)17-10-15-16(11-18(17)22(26)30)20(28)25(19(15)27)14-8-12(3)7-13(9-14)23(31)32/h7-11H,5-6H2,1-4H3,(H,31,32). The summed E-state index contributed by atoms with van der Waals surface area (Å²) in [6.45, 7) is 7.28. The fourth-order valence-corrected chi connectivity index (χ4v) is 4.28. The van der Waals surface area contributed by atoms with Gasteiger partial charge in [-0.15, -0.1) is 0 Å². The van der Waals surface area contributed by atoms with Crippen LogP contribution in [0.25, 0.3) is 27.2 Å². The van der Waals surface area contributed by atoms with Crippen molar-refractivity contribution in [1.82, 2.24) is 9.13 Å². The molecule has 0 fully saturated rings. The Labute approximate surface area is 181 Å². The molecule has 1 N–H and O–H groups in total. The van der Waals surface area contributed by atoms with Crippen LogP contribution in [-0.2, 0) is 5.54 Å². The summed E-state index contributed by atoms with van der Waals surface area (Å²) in [4.78, 5) is 63.9. The number of hydrogen-bond donors (Lipinski definition) is 1. The van der Waals surface area contributed by atoms with E-state index in [-0.39, 0.29) is 32.8 Å². The Hall–Kier alpha value is -3.81. The van der Waals surface area contributed by atoms with Crippen molar-refractivity contribution >= 4 is 27.5 Å². The van der Waals surface area contributed by atoms with Crippen molar-refractivity contribution in [3.63, 3.8) is 0 Å². The molecule has 2 aromatic carbocycles. The van der Waals surface area contributed by atoms with Crippen LogP contribution in [0, 0.1) is 6.92 Å². The summed E-state index contributed by atoms with van der Waals surface area (Å²) in [5.74, 6) is -1.18. The maximum Gasteiger partial charge on any atom is 0.335 e. The van der Waals surface area contributed by atoms with Crippen molar-refractivity contribution in [2.75, 3.05) is 0 Å². The second-order valence-electron chi connectivity index (χ2n) is 8.40. The average molecular weight is 434 g/mol. The topological polar surface area (TPSA) is 115 Å². The van der Waals surface area contributed by atoms with Gasteiger partial charge in [0.05, 0.1) is 32.8 Å². The molecule has 0 aliphatic rings. The molecule has 4 rings (SSSR count). The molecule has 2 aromatic heterocycles. The van der Waals surface area contributed by atoms with Crippen LogP contribution in [0.1, 0.15) is 49.5 Å². The number of aromatic carboxylic acids is 1. The van der Waals surface area contributed by atoms with Gasteiger partial charge in [-0.1, -0.05) is 13.8 Å². The summed E-state index contributed by atoms with van der Waals surface area (Å²) in [7, 11) is 0. The zero-order valence-electron chi connectivity index (χ0n) is 18.2. The summed E-state index contributed by atoms with van der Waals surface area (Å²) >= 11 is 0. The van der Waals surface area contributed by atoms with E-state index in [9.17, 15) is 29.1 Å². The van der Waals surface area contributed by atoms with Crippen LogP contribution in [0.2, 0.25) is 0 Å². The Balaban J connectivity index is 2.08. The van der Waals surface area contributed by atoms with Crippen molar-refractivity contribution < 1.29 is 9.90 Å². The van der Waals surface area contributed by atoms with Crippen LogP contribution in [0.3, 0.4) is 0 Å². The van der Waals surface area contributed by atoms with Gasteiger partial charge < -0.3 is 5.11 Å². The van der Waals surface area contributed by atoms with E-state index in [0.717, 1.165) is 4.57 Å². The number of nitrogens with zero attached hydrogens (tertiary/aromatic N) is 2. The number of benzene rings is 2. The average Bonchev–Trinajstić information content (AvgIpc) is 3.16. The monoisotopic (exact) mass is 434 g/mol. The molecular weight excluding hydrogens is 412 g/mol. The van der Waals surface area contributed by atoms with Gasteiger partial charge in [0.1, 0.15) is 0 Å². The molecule has 164 valence electrons. The van der Waals surface area contributed by atoms with E-state index in [2.05, 4.69) is 0 Å². The Bertz CT molecular complexity index is 1550. The first-order chi connectivity index (χ1) is 15.0. The molecule has 0 amide bonds. The number of carboxylic acid groups (broad SMARTS) is 1. The molecule has 0 saturated heterocycles. The van der Waals surface area contributed by atoms with Gasteiger partial charge >= 0.3 is 5.97 Å². The lowest BCUT2D eigenvalue weighted by Gasteiger charge is -2.27. The third-order valence-electron chi connectivity index (χ3n) is 6.52. The number of aromatic nitrogens is 2. The molecule has 32 heavy (non-hydrogen) atoms. The van der Waals surface area contributed by atoms with Crippen LogP contribution in [-0.4, -0.2) is 20.2 Å². The highest BCUT2D eigenvalue weighted by atomic mass is 16.4. The summed E-state index contributed by atoms with van der Waals surface area (Å²) in [5.41, 5.74) is -2.34. The first kappa shape index (κ1) is 21.4. The zero-order chi connectivity index (χ0) is 23.5. The van der Waals surface area contributed by atoms with E-state index in [1.165, 1.54) is 34.9 Å². The molecule has 0 unspecified atom stereocenters. The largest absolute Gasteiger partial charge is 0.478 e. The van der Waals surface area contributed by atoms with Crippen LogP contribution in [0.15, 0.2) is 49.5 Å². The van der Waals surface area contributed by atoms with E-state index < -0.39 is 33.7 Å². The summed E-state index contributed by atoms with van der Waals surface area (Å²) in [6, 6.07) is 6.84. The molecule has 8 heteroatoms. The van der Waals surface area contributed by atoms with Crippen molar-refractivity contribution in [3.05, 3.63) is 82.9 Å². The molecule has 0 bridgehead atoms. The predicted molar refractivity (Wildman–Crippen MR) is 122 cm³/mol. The predicted octanol–water partition coefficient (Wildman–Crippen LogP) is 2.44. The molecule has 0 saturated carbocycles. The highest BCUT2D eigenvalue weighted by Crippen LogP contribution is 2.24. The molecular formula is C24H22N2O6. The molecule has 2 heterocycles. The Morgan fingerprint density at radius 1 is 0.812 bits per heavy atom. The second-order valence-corrected chi connectivity index (χ2v) is 8.40. The lowest BCUT2D eigenvalue weighted by molar-refractivity contribution is 0.0696. The van der Waals surface area contributed by atoms with Crippen LogP contribution in [0.5, 0.6) is 0 Å². The van der Waals surface area contributed by atoms with Gasteiger partial charge in [0.2, 0.25) is 0 Å². The van der Waals surface area contributed by atoms with Gasteiger partial charge in [-0.05, 0) is 62.6 Å². The van der Waals surface area contributed by atoms with Crippen LogP contribution >= 0.6 is 0 Å². The highest BCUT2D eigenvalue weighted by Gasteiger charge is 2.29. The maximum absolute atomic E-state index is 13.1. The number of hydrogen-bond acceptors (Lipinski definition) is 5. The van der Waals surface area contributed by atoms with Gasteiger partial charge in [0, 0.05) is 5.54 Å². The number of carbonyl (C=O) groups is 1. The minimum atomic E-state index is -1.18. The number of carboxylic acids is 1. The number of rotatable bonds is 5. The van der Waals surface area contributed by atoms with Gasteiger partial charge in [0.25, 0.3) is 22.2 Å². The van der Waals surface area contributed by atoms with E-state index in [4.69, 9.17) is 0 Å². The van der Waals surface area contributed by atoms with Gasteiger partial charge in [0.15, 0.2) is 0 Å². The Morgan fingerprint density at radius 3 is 1.72 bits per heavy atom. The third-order valence-corrected chi connectivity index (χ3v) is 6.52. The summed E-state index contributed by atoms with van der Waals surface area (Å²) < 4.78 is 2.10. The van der Waals surface area contributed by atoms with E-state index >= 15 is 0 Å². The molecule has 0 aliphatic heterocycles. The Morgan fingerprint density at radius 2 is 1.28 bits per heavy atom. The lowest BCUT2D eigenvalue weighted by Crippen LogP contribution is -2.42. The molecule has 0 atom stereocenters. The fourth-order valence-electron chi connectivity index (χ4n) is 4.28. The SMILES string of the molecule is CCC(C)(CC)n1c(=O)c2cc3c(=O)n(-c4cc(C)cc(C(=O)O)c4)c(=O)c3cc2c1=O. The van der Waals surface area contributed by atoms with E-state index in [1.807, 2.05) is 20.8 Å². The van der Waals surface area contributed by atoms with E-state index in [1.54, 1.807) is 6.92 Å². The molecule has 8 nitrogen and oxygen atoms in total. The van der Waals surface area contributed by atoms with Crippen LogP contribution < -0.4 is 22.2 Å². The zero-order valence-corrected chi connectivity index (χ0v) is 18.2. The minimum Gasteiger partial charge on any atom is -0.478 e. The van der Waals surface area contributed by atoms with Gasteiger partial charge in [-0.25, -0.2) is 9.36 Å². The lowest BCUT2D eigenvalue weighted by atomic mass is 9.95. The van der Waals surface area contributed by atoms with E-state index in [0.29, 0.717) is 18.4 Å². The highest BCUT2D eigenvalue weighted by molar-refractivity contribution is 5.98. The second kappa shape index (κ2) is 7.12. The minimum absolute atomic E-state index is 0.0184. The smallest absolute Gasteiger partial charge is 0.335 e. The summed E-state index contributed by atoms with van der Waals surface area (Å²) in [6.07, 6.45) is 1.14. The third kappa shape index (κ3) is 2.86.